The maximum Gasteiger partial charge on any atom is 0.138 e. The van der Waals surface area contributed by atoms with Gasteiger partial charge in [-0.3, -0.25) is 0 Å². The number of halogens is 2. The lowest BCUT2D eigenvalue weighted by atomic mass is 10.1. The second-order valence-electron chi connectivity index (χ2n) is 4.36. The Labute approximate surface area is 110 Å². The van der Waals surface area contributed by atoms with Crippen molar-refractivity contribution in [2.75, 3.05) is 0 Å². The Hall–Kier alpha value is -1.39. The summed E-state index contributed by atoms with van der Waals surface area (Å²) in [6, 6.07) is 5.89. The van der Waals surface area contributed by atoms with Gasteiger partial charge in [-0.2, -0.15) is 5.10 Å². The van der Waals surface area contributed by atoms with E-state index in [-0.39, 0.29) is 18.3 Å². The predicted octanol–water partition coefficient (Wildman–Crippen LogP) is 3.28. The molecule has 2 rings (SSSR count). The molecule has 0 aliphatic carbocycles. The van der Waals surface area contributed by atoms with Crippen LogP contribution in [0.2, 0.25) is 5.15 Å². The predicted molar refractivity (Wildman–Crippen MR) is 68.5 cm³/mol. The topological polar surface area (TPSA) is 38.0 Å². The van der Waals surface area contributed by atoms with Gasteiger partial charge in [0.2, 0.25) is 0 Å². The van der Waals surface area contributed by atoms with Crippen molar-refractivity contribution in [2.45, 2.75) is 26.4 Å². The molecule has 0 bridgehead atoms. The van der Waals surface area contributed by atoms with Gasteiger partial charge in [-0.05, 0) is 30.2 Å². The molecule has 0 saturated carbocycles. The highest BCUT2D eigenvalue weighted by atomic mass is 35.5. The van der Waals surface area contributed by atoms with E-state index in [4.69, 9.17) is 11.6 Å². The highest BCUT2D eigenvalue weighted by Crippen LogP contribution is 2.28. The van der Waals surface area contributed by atoms with Gasteiger partial charge in [-0.15, -0.1) is 0 Å². The molecular weight excluding hydrogens is 255 g/mol. The van der Waals surface area contributed by atoms with Crippen molar-refractivity contribution in [3.05, 3.63) is 46.5 Å². The molecule has 5 heteroatoms. The van der Waals surface area contributed by atoms with Gasteiger partial charge in [-0.1, -0.05) is 25.4 Å². The first-order valence-corrected chi connectivity index (χ1v) is 6.06. The second kappa shape index (κ2) is 5.08. The van der Waals surface area contributed by atoms with E-state index in [0.717, 1.165) is 5.69 Å². The first kappa shape index (κ1) is 13.1. The summed E-state index contributed by atoms with van der Waals surface area (Å²) in [5.41, 5.74) is 2.05. The highest BCUT2D eigenvalue weighted by Gasteiger charge is 2.18. The fourth-order valence-corrected chi connectivity index (χ4v) is 2.10. The zero-order chi connectivity index (χ0) is 13.3. The van der Waals surface area contributed by atoms with Gasteiger partial charge in [0.15, 0.2) is 0 Å². The van der Waals surface area contributed by atoms with Gasteiger partial charge in [0.25, 0.3) is 0 Å². The molecule has 0 amide bonds. The molecule has 96 valence electrons. The van der Waals surface area contributed by atoms with E-state index in [9.17, 15) is 9.50 Å². The van der Waals surface area contributed by atoms with Gasteiger partial charge >= 0.3 is 0 Å². The first-order valence-electron chi connectivity index (χ1n) is 5.68. The summed E-state index contributed by atoms with van der Waals surface area (Å²) in [7, 11) is 0. The van der Waals surface area contributed by atoms with Gasteiger partial charge in [0, 0.05) is 5.56 Å². The van der Waals surface area contributed by atoms with Crippen molar-refractivity contribution >= 4 is 11.6 Å². The van der Waals surface area contributed by atoms with E-state index in [1.807, 2.05) is 13.8 Å². The molecule has 2 aromatic rings. The second-order valence-corrected chi connectivity index (χ2v) is 4.71. The van der Waals surface area contributed by atoms with Gasteiger partial charge in [-0.25, -0.2) is 9.07 Å². The monoisotopic (exact) mass is 268 g/mol. The van der Waals surface area contributed by atoms with Crippen LogP contribution in [-0.2, 0) is 6.61 Å². The Morgan fingerprint density at radius 1 is 1.33 bits per heavy atom. The summed E-state index contributed by atoms with van der Waals surface area (Å²) < 4.78 is 14.4. The summed E-state index contributed by atoms with van der Waals surface area (Å²) in [6.45, 7) is 3.80. The van der Waals surface area contributed by atoms with Crippen LogP contribution in [0.1, 0.15) is 31.0 Å². The number of nitrogens with zero attached hydrogens (tertiary/aromatic N) is 2. The van der Waals surface area contributed by atoms with E-state index < -0.39 is 0 Å². The Balaban J connectivity index is 2.55. The summed E-state index contributed by atoms with van der Waals surface area (Å²) in [5, 5.41) is 14.1. The molecule has 0 spiro atoms. The van der Waals surface area contributed by atoms with E-state index in [1.165, 1.54) is 16.8 Å². The van der Waals surface area contributed by atoms with Crippen molar-refractivity contribution in [1.82, 2.24) is 9.78 Å². The highest BCUT2D eigenvalue weighted by molar-refractivity contribution is 6.30. The lowest BCUT2D eigenvalue weighted by molar-refractivity contribution is 0.280. The maximum atomic E-state index is 12.9. The Morgan fingerprint density at radius 3 is 2.39 bits per heavy atom. The van der Waals surface area contributed by atoms with Crippen molar-refractivity contribution in [1.29, 1.82) is 0 Å². The molecule has 0 unspecified atom stereocenters. The largest absolute Gasteiger partial charge is 0.391 e. The quantitative estimate of drug-likeness (QED) is 0.928. The van der Waals surface area contributed by atoms with Crippen molar-refractivity contribution in [3.63, 3.8) is 0 Å². The molecule has 0 aliphatic rings. The molecular formula is C13H14ClFN2O. The smallest absolute Gasteiger partial charge is 0.138 e. The van der Waals surface area contributed by atoms with Crippen LogP contribution in [-0.4, -0.2) is 14.9 Å². The zero-order valence-corrected chi connectivity index (χ0v) is 10.9. The molecule has 0 atom stereocenters. The lowest BCUT2D eigenvalue weighted by Gasteiger charge is -2.02. The number of aromatic nitrogens is 2. The zero-order valence-electron chi connectivity index (χ0n) is 10.2. The average molecular weight is 269 g/mol. The summed E-state index contributed by atoms with van der Waals surface area (Å²) in [6.07, 6.45) is 0. The van der Waals surface area contributed by atoms with Crippen LogP contribution in [0, 0.1) is 5.82 Å². The third-order valence-electron chi connectivity index (χ3n) is 2.73. The SMILES string of the molecule is CC(C)c1nn(-c2ccc(F)cc2)c(Cl)c1CO. The molecule has 0 radical (unpaired) electrons. The first-order chi connectivity index (χ1) is 8.54. The van der Waals surface area contributed by atoms with Gasteiger partial charge in [0.1, 0.15) is 11.0 Å². The average Bonchev–Trinajstić information content (AvgIpc) is 2.67. The molecule has 0 aliphatic heterocycles. The number of hydrogen-bond acceptors (Lipinski definition) is 2. The van der Waals surface area contributed by atoms with Crippen LogP contribution >= 0.6 is 11.6 Å². The maximum absolute atomic E-state index is 12.9. The Kier molecular flexibility index (Phi) is 3.68. The van der Waals surface area contributed by atoms with Crippen LogP contribution in [0.5, 0.6) is 0 Å². The fraction of sp³-hybridized carbons (Fsp3) is 0.308. The van der Waals surface area contributed by atoms with E-state index in [0.29, 0.717) is 16.4 Å². The van der Waals surface area contributed by atoms with Crippen LogP contribution in [0.3, 0.4) is 0 Å². The standard InChI is InChI=1S/C13H14ClFN2O/c1-8(2)12-11(7-18)13(14)17(16-12)10-5-3-9(15)4-6-10/h3-6,8,18H,7H2,1-2H3. The van der Waals surface area contributed by atoms with E-state index in [1.54, 1.807) is 12.1 Å². The summed E-state index contributed by atoms with van der Waals surface area (Å²) >= 11 is 6.19. The molecule has 1 heterocycles. The number of rotatable bonds is 3. The fourth-order valence-electron chi connectivity index (χ4n) is 1.81. The number of benzene rings is 1. The van der Waals surface area contributed by atoms with Crippen molar-refractivity contribution < 1.29 is 9.50 Å². The lowest BCUT2D eigenvalue weighted by Crippen LogP contribution is -1.98. The third kappa shape index (κ3) is 2.26. The molecule has 3 nitrogen and oxygen atoms in total. The third-order valence-corrected chi connectivity index (χ3v) is 3.12. The number of aliphatic hydroxyl groups is 1. The minimum absolute atomic E-state index is 0.159. The summed E-state index contributed by atoms with van der Waals surface area (Å²) in [5.74, 6) is -0.153. The van der Waals surface area contributed by atoms with Crippen LogP contribution < -0.4 is 0 Å². The van der Waals surface area contributed by atoms with Crippen LogP contribution in [0.4, 0.5) is 4.39 Å². The molecule has 1 aromatic heterocycles. The van der Waals surface area contributed by atoms with E-state index in [2.05, 4.69) is 5.10 Å². The van der Waals surface area contributed by atoms with Crippen LogP contribution in [0.25, 0.3) is 5.69 Å². The van der Waals surface area contributed by atoms with Gasteiger partial charge in [0.05, 0.1) is 18.0 Å². The minimum atomic E-state index is -0.312. The number of aliphatic hydroxyl groups excluding tert-OH is 1. The minimum Gasteiger partial charge on any atom is -0.391 e. The normalized spacial score (nSPS) is 11.2. The Bertz CT molecular complexity index is 549. The Morgan fingerprint density at radius 2 is 1.94 bits per heavy atom. The van der Waals surface area contributed by atoms with E-state index >= 15 is 0 Å². The molecule has 1 aromatic carbocycles. The van der Waals surface area contributed by atoms with Crippen LogP contribution in [0.15, 0.2) is 24.3 Å². The summed E-state index contributed by atoms with van der Waals surface area (Å²) in [4.78, 5) is 0. The molecule has 0 saturated heterocycles. The van der Waals surface area contributed by atoms with Crippen molar-refractivity contribution in [2.24, 2.45) is 0 Å². The van der Waals surface area contributed by atoms with Gasteiger partial charge < -0.3 is 5.11 Å². The molecule has 1 N–H and O–H groups in total. The molecule has 0 fully saturated rings. The number of hydrogen-bond donors (Lipinski definition) is 1. The van der Waals surface area contributed by atoms with Crippen molar-refractivity contribution in [3.8, 4) is 5.69 Å². The molecule has 18 heavy (non-hydrogen) atoms.